The molecule has 0 aliphatic carbocycles. The second-order valence-electron chi connectivity index (χ2n) is 5.96. The molecule has 2 unspecified atom stereocenters. The van der Waals surface area contributed by atoms with Gasteiger partial charge in [-0.3, -0.25) is 0 Å². The molecule has 0 saturated heterocycles. The molecule has 0 aromatic carbocycles. The third-order valence-electron chi connectivity index (χ3n) is 3.15. The molecule has 0 aromatic heterocycles. The van der Waals surface area contributed by atoms with Gasteiger partial charge in [-0.2, -0.15) is 9.68 Å². The summed E-state index contributed by atoms with van der Waals surface area (Å²) in [4.78, 5) is 30.3. The standard InChI is InChI=1S/C14H26O7/c1-6-8-9-10(7-2)11(14(3,4)5)19-21-20-13(17)18-12(15)16/h10-11H,6-9H2,1-5H3,(H,15,16). The number of ether oxygens (including phenoxy) is 1. The van der Waals surface area contributed by atoms with E-state index in [9.17, 15) is 9.59 Å². The molecule has 21 heavy (non-hydrogen) atoms. The average Bonchev–Trinajstić information content (AvgIpc) is 2.35. The van der Waals surface area contributed by atoms with E-state index in [1.807, 2.05) is 20.8 Å². The maximum absolute atomic E-state index is 10.9. The zero-order valence-electron chi connectivity index (χ0n) is 13.4. The van der Waals surface area contributed by atoms with Crippen molar-refractivity contribution < 1.29 is 34.2 Å². The number of carbonyl (C=O) groups is 2. The molecule has 124 valence electrons. The fourth-order valence-electron chi connectivity index (χ4n) is 2.14. The molecule has 0 aliphatic heterocycles. The van der Waals surface area contributed by atoms with Crippen LogP contribution in [0, 0.1) is 11.3 Å². The lowest BCUT2D eigenvalue weighted by Gasteiger charge is -2.34. The van der Waals surface area contributed by atoms with Gasteiger partial charge in [0.25, 0.3) is 0 Å². The van der Waals surface area contributed by atoms with Crippen molar-refractivity contribution in [2.24, 2.45) is 11.3 Å². The molecule has 7 heteroatoms. The molecule has 0 aliphatic rings. The molecule has 1 N–H and O–H groups in total. The lowest BCUT2D eigenvalue weighted by atomic mass is 9.78. The Hall–Kier alpha value is -1.34. The van der Waals surface area contributed by atoms with Crippen LogP contribution in [0.15, 0.2) is 0 Å². The minimum Gasteiger partial charge on any atom is -0.449 e. The summed E-state index contributed by atoms with van der Waals surface area (Å²) in [6.45, 7) is 10.1. The van der Waals surface area contributed by atoms with Crippen LogP contribution in [0.5, 0.6) is 0 Å². The van der Waals surface area contributed by atoms with E-state index in [2.05, 4.69) is 28.5 Å². The first-order chi connectivity index (χ1) is 9.72. The van der Waals surface area contributed by atoms with Crippen molar-refractivity contribution in [1.29, 1.82) is 0 Å². The largest absolute Gasteiger partial charge is 0.553 e. The molecule has 0 spiro atoms. The highest BCUT2D eigenvalue weighted by Crippen LogP contribution is 2.33. The predicted molar refractivity (Wildman–Crippen MR) is 74.3 cm³/mol. The minimum absolute atomic E-state index is 0.228. The van der Waals surface area contributed by atoms with Gasteiger partial charge in [-0.1, -0.05) is 53.9 Å². The van der Waals surface area contributed by atoms with Gasteiger partial charge in [0.15, 0.2) is 0 Å². The molecule has 2 atom stereocenters. The number of hydrogen-bond acceptors (Lipinski definition) is 6. The van der Waals surface area contributed by atoms with Gasteiger partial charge in [0.1, 0.15) is 6.10 Å². The number of rotatable bonds is 8. The van der Waals surface area contributed by atoms with Gasteiger partial charge < -0.3 is 9.84 Å². The average molecular weight is 306 g/mol. The first-order valence-electron chi connectivity index (χ1n) is 7.17. The van der Waals surface area contributed by atoms with Gasteiger partial charge in [-0.15, -0.1) is 0 Å². The Bertz CT molecular complexity index is 322. The molecule has 7 nitrogen and oxygen atoms in total. The number of carbonyl (C=O) groups excluding carboxylic acids is 1. The van der Waals surface area contributed by atoms with E-state index in [0.29, 0.717) is 0 Å². The summed E-state index contributed by atoms with van der Waals surface area (Å²) in [7, 11) is 0. The Labute approximate surface area is 125 Å². The summed E-state index contributed by atoms with van der Waals surface area (Å²) in [6.07, 6.45) is 0.447. The Kier molecular flexibility index (Phi) is 8.96. The number of carboxylic acid groups (broad SMARTS) is 1. The van der Waals surface area contributed by atoms with Crippen molar-refractivity contribution in [3.05, 3.63) is 0 Å². The molecular formula is C14H26O7. The van der Waals surface area contributed by atoms with Crippen molar-refractivity contribution in [2.45, 2.75) is 66.4 Å². The van der Waals surface area contributed by atoms with Gasteiger partial charge in [-0.05, 0) is 22.8 Å². The van der Waals surface area contributed by atoms with Crippen LogP contribution in [0.3, 0.4) is 0 Å². The van der Waals surface area contributed by atoms with Crippen LogP contribution in [0.4, 0.5) is 9.59 Å². The molecule has 0 saturated carbocycles. The molecular weight excluding hydrogens is 280 g/mol. The van der Waals surface area contributed by atoms with E-state index < -0.39 is 12.3 Å². The summed E-state index contributed by atoms with van der Waals surface area (Å²) in [5.74, 6) is 0.240. The van der Waals surface area contributed by atoms with Crippen molar-refractivity contribution in [2.75, 3.05) is 0 Å². The van der Waals surface area contributed by atoms with Crippen molar-refractivity contribution >= 4 is 12.3 Å². The van der Waals surface area contributed by atoms with Gasteiger partial charge in [0.05, 0.1) is 0 Å². The van der Waals surface area contributed by atoms with Gasteiger partial charge in [0, 0.05) is 0 Å². The van der Waals surface area contributed by atoms with E-state index >= 15 is 0 Å². The van der Waals surface area contributed by atoms with Crippen molar-refractivity contribution in [3.63, 3.8) is 0 Å². The Morgan fingerprint density at radius 3 is 2.24 bits per heavy atom. The SMILES string of the molecule is CCCCC(CC)C(OOOC(=O)OC(=O)O)C(C)(C)C. The predicted octanol–water partition coefficient (Wildman–Crippen LogP) is 4.31. The van der Waals surface area contributed by atoms with Crippen LogP contribution >= 0.6 is 0 Å². The summed E-state index contributed by atoms with van der Waals surface area (Å²) < 4.78 is 3.72. The van der Waals surface area contributed by atoms with Crippen LogP contribution in [0.1, 0.15) is 60.3 Å². The fourth-order valence-corrected chi connectivity index (χ4v) is 2.14. The number of hydrogen-bond donors (Lipinski definition) is 1. The zero-order valence-corrected chi connectivity index (χ0v) is 13.4. The second kappa shape index (κ2) is 9.57. The first kappa shape index (κ1) is 19.7. The molecule has 0 heterocycles. The lowest BCUT2D eigenvalue weighted by molar-refractivity contribution is -0.512. The van der Waals surface area contributed by atoms with E-state index in [1.165, 1.54) is 0 Å². The normalized spacial score (nSPS) is 14.3. The minimum atomic E-state index is -1.77. The highest BCUT2D eigenvalue weighted by molar-refractivity contribution is 5.75. The van der Waals surface area contributed by atoms with Gasteiger partial charge in [-0.25, -0.2) is 9.68 Å². The summed E-state index contributed by atoms with van der Waals surface area (Å²) in [5, 5.41) is 12.6. The second-order valence-corrected chi connectivity index (χ2v) is 5.96. The molecule has 0 aromatic rings. The fraction of sp³-hybridized carbons (Fsp3) is 0.857. The zero-order chi connectivity index (χ0) is 16.5. The maximum atomic E-state index is 10.9. The van der Waals surface area contributed by atoms with Gasteiger partial charge >= 0.3 is 12.3 Å². The van der Waals surface area contributed by atoms with Crippen LogP contribution in [0.2, 0.25) is 0 Å². The molecule has 0 amide bonds. The quantitative estimate of drug-likeness (QED) is 0.309. The van der Waals surface area contributed by atoms with E-state index in [4.69, 9.17) is 9.99 Å². The molecule has 0 rings (SSSR count). The number of unbranched alkanes of at least 4 members (excludes halogenated alkanes) is 1. The van der Waals surface area contributed by atoms with Crippen LogP contribution < -0.4 is 0 Å². The highest BCUT2D eigenvalue weighted by Gasteiger charge is 2.34. The third kappa shape index (κ3) is 8.52. The lowest BCUT2D eigenvalue weighted by Crippen LogP contribution is -2.37. The van der Waals surface area contributed by atoms with Crippen LogP contribution in [0.25, 0.3) is 0 Å². The summed E-state index contributed by atoms with van der Waals surface area (Å²) >= 11 is 0. The van der Waals surface area contributed by atoms with Gasteiger partial charge in [0.2, 0.25) is 0 Å². The Morgan fingerprint density at radius 1 is 1.19 bits per heavy atom. The molecule has 0 fully saturated rings. The molecule has 0 bridgehead atoms. The monoisotopic (exact) mass is 306 g/mol. The highest BCUT2D eigenvalue weighted by atomic mass is 17.5. The maximum Gasteiger partial charge on any atom is 0.553 e. The van der Waals surface area contributed by atoms with E-state index in [-0.39, 0.29) is 17.4 Å². The summed E-state index contributed by atoms with van der Waals surface area (Å²) in [6, 6.07) is 0. The van der Waals surface area contributed by atoms with Crippen LogP contribution in [-0.2, 0) is 19.6 Å². The smallest absolute Gasteiger partial charge is 0.449 e. The Morgan fingerprint density at radius 2 is 1.81 bits per heavy atom. The first-order valence-corrected chi connectivity index (χ1v) is 7.17. The topological polar surface area (TPSA) is 91.3 Å². The van der Waals surface area contributed by atoms with Crippen LogP contribution in [-0.4, -0.2) is 23.5 Å². The summed E-state index contributed by atoms with van der Waals surface area (Å²) in [5.41, 5.74) is -0.228. The van der Waals surface area contributed by atoms with E-state index in [0.717, 1.165) is 25.7 Å². The van der Waals surface area contributed by atoms with Crippen molar-refractivity contribution in [3.8, 4) is 0 Å². The third-order valence-corrected chi connectivity index (χ3v) is 3.15. The van der Waals surface area contributed by atoms with Crippen molar-refractivity contribution in [1.82, 2.24) is 0 Å². The Balaban J connectivity index is 4.49. The molecule has 0 radical (unpaired) electrons. The van der Waals surface area contributed by atoms with E-state index in [1.54, 1.807) is 0 Å².